The molecule has 2 N–H and O–H groups in total. The van der Waals surface area contributed by atoms with Gasteiger partial charge < -0.3 is 14.8 Å². The van der Waals surface area contributed by atoms with Gasteiger partial charge in [0.25, 0.3) is 0 Å². The van der Waals surface area contributed by atoms with Crippen LogP contribution in [0.4, 0.5) is 0 Å². The summed E-state index contributed by atoms with van der Waals surface area (Å²) in [5.41, 5.74) is 3.98. The van der Waals surface area contributed by atoms with Crippen molar-refractivity contribution in [1.82, 2.24) is 9.97 Å². The van der Waals surface area contributed by atoms with Gasteiger partial charge in [0.1, 0.15) is 23.6 Å². The highest BCUT2D eigenvalue weighted by molar-refractivity contribution is 7.99. The number of aromatic hydroxyl groups is 1. The Balaban J connectivity index is 1.61. The number of aromatic amines is 1. The summed E-state index contributed by atoms with van der Waals surface area (Å²) in [6, 6.07) is 17.4. The number of ether oxygens (including phenoxy) is 1. The number of nitrogens with one attached hydrogen (secondary N) is 1. The van der Waals surface area contributed by atoms with E-state index in [2.05, 4.69) is 70.8 Å². The SMILES string of the molecule is CC(Oc1ccc(C=O)cc1)c1nc2ccc(Sc3cc(C(C)(C)C)c(O)c(C(C)(C)C)c3)cc2[nH]1. The summed E-state index contributed by atoms with van der Waals surface area (Å²) in [6.45, 7) is 14.7. The number of phenols is 1. The maximum absolute atomic E-state index is 11.0. The Hall–Kier alpha value is -3.25. The molecule has 36 heavy (non-hydrogen) atoms. The Labute approximate surface area is 217 Å². The third-order valence-electron chi connectivity index (χ3n) is 6.12. The first kappa shape index (κ1) is 25.8. The van der Waals surface area contributed by atoms with E-state index in [9.17, 15) is 9.90 Å². The van der Waals surface area contributed by atoms with E-state index in [1.54, 1.807) is 36.0 Å². The lowest BCUT2D eigenvalue weighted by atomic mass is 9.79. The predicted octanol–water partition coefficient (Wildman–Crippen LogP) is 7.97. The van der Waals surface area contributed by atoms with Crippen molar-refractivity contribution in [2.75, 3.05) is 0 Å². The second-order valence-corrected chi connectivity index (χ2v) is 12.4. The number of phenolic OH excluding ortho intramolecular Hbond substituents is 1. The monoisotopic (exact) mass is 502 g/mol. The van der Waals surface area contributed by atoms with Gasteiger partial charge >= 0.3 is 0 Å². The number of rotatable bonds is 6. The molecule has 1 aromatic heterocycles. The van der Waals surface area contributed by atoms with Crippen molar-refractivity contribution in [3.8, 4) is 11.5 Å². The van der Waals surface area contributed by atoms with Crippen LogP contribution >= 0.6 is 11.8 Å². The molecule has 0 fully saturated rings. The molecule has 1 unspecified atom stereocenters. The molecule has 0 bridgehead atoms. The van der Waals surface area contributed by atoms with Crippen LogP contribution in [0, 0.1) is 0 Å². The summed E-state index contributed by atoms with van der Waals surface area (Å²) in [5.74, 6) is 1.81. The zero-order valence-electron chi connectivity index (χ0n) is 22.0. The molecule has 0 saturated heterocycles. The van der Waals surface area contributed by atoms with E-state index in [0.29, 0.717) is 17.1 Å². The molecule has 0 saturated carbocycles. The van der Waals surface area contributed by atoms with E-state index < -0.39 is 0 Å². The first-order chi connectivity index (χ1) is 16.8. The largest absolute Gasteiger partial charge is 0.507 e. The lowest BCUT2D eigenvalue weighted by Crippen LogP contribution is -2.17. The number of aldehydes is 1. The van der Waals surface area contributed by atoms with Gasteiger partial charge in [-0.25, -0.2) is 4.98 Å². The fourth-order valence-electron chi connectivity index (χ4n) is 4.10. The normalized spacial score (nSPS) is 13.1. The topological polar surface area (TPSA) is 75.2 Å². The van der Waals surface area contributed by atoms with Crippen LogP contribution in [0.1, 0.15) is 81.9 Å². The molecule has 0 aliphatic rings. The minimum Gasteiger partial charge on any atom is -0.507 e. The molecule has 0 aliphatic heterocycles. The molecule has 5 nitrogen and oxygen atoms in total. The van der Waals surface area contributed by atoms with Crippen LogP contribution in [0.5, 0.6) is 11.5 Å². The first-order valence-corrected chi connectivity index (χ1v) is 12.9. The summed E-state index contributed by atoms with van der Waals surface area (Å²) in [4.78, 5) is 21.2. The first-order valence-electron chi connectivity index (χ1n) is 12.1. The predicted molar refractivity (Wildman–Crippen MR) is 147 cm³/mol. The standard InChI is InChI=1S/C30H34N2O3S/c1-18(35-20-10-8-19(17-33)9-11-20)28-31-25-13-12-21(16-26(25)32-28)36-22-14-23(29(2,3)4)27(34)24(15-22)30(5,6)7/h8-18,34H,1-7H3,(H,31,32). The van der Waals surface area contributed by atoms with Crippen molar-refractivity contribution >= 4 is 29.1 Å². The van der Waals surface area contributed by atoms with Crippen LogP contribution in [0.15, 0.2) is 64.4 Å². The van der Waals surface area contributed by atoms with Crippen molar-refractivity contribution in [3.05, 3.63) is 77.1 Å². The number of hydrogen-bond donors (Lipinski definition) is 2. The number of carbonyl (C=O) groups is 1. The van der Waals surface area contributed by atoms with Crippen molar-refractivity contribution in [2.24, 2.45) is 0 Å². The maximum atomic E-state index is 11.0. The Morgan fingerprint density at radius 3 is 2.08 bits per heavy atom. The maximum Gasteiger partial charge on any atom is 0.153 e. The molecule has 0 amide bonds. The molecule has 4 aromatic rings. The van der Waals surface area contributed by atoms with Crippen molar-refractivity contribution in [2.45, 2.75) is 75.2 Å². The van der Waals surface area contributed by atoms with E-state index >= 15 is 0 Å². The van der Waals surface area contributed by atoms with Crippen molar-refractivity contribution in [3.63, 3.8) is 0 Å². The number of imidazole rings is 1. The number of H-pyrrole nitrogens is 1. The number of fused-ring (bicyclic) bond motifs is 1. The minimum absolute atomic E-state index is 0.174. The van der Waals surface area contributed by atoms with Crippen LogP contribution in [-0.2, 0) is 10.8 Å². The van der Waals surface area contributed by atoms with Crippen LogP contribution in [0.3, 0.4) is 0 Å². The van der Waals surface area contributed by atoms with Crippen LogP contribution in [0.25, 0.3) is 11.0 Å². The second-order valence-electron chi connectivity index (χ2n) is 11.2. The molecule has 4 rings (SSSR count). The summed E-state index contributed by atoms with van der Waals surface area (Å²) in [5, 5.41) is 11.0. The fraction of sp³-hybridized carbons (Fsp3) is 0.333. The minimum atomic E-state index is -0.281. The summed E-state index contributed by atoms with van der Waals surface area (Å²) < 4.78 is 6.02. The molecular formula is C30H34N2O3S. The Morgan fingerprint density at radius 2 is 1.53 bits per heavy atom. The molecule has 0 radical (unpaired) electrons. The highest BCUT2D eigenvalue weighted by atomic mass is 32.2. The number of aromatic nitrogens is 2. The number of nitrogens with zero attached hydrogens (tertiary/aromatic N) is 1. The van der Waals surface area contributed by atoms with Crippen LogP contribution in [0.2, 0.25) is 0 Å². The van der Waals surface area contributed by atoms with Gasteiger partial charge in [0.15, 0.2) is 6.10 Å². The van der Waals surface area contributed by atoms with Crippen molar-refractivity contribution < 1.29 is 14.6 Å². The van der Waals surface area contributed by atoms with Gasteiger partial charge in [-0.05, 0) is 72.4 Å². The van der Waals surface area contributed by atoms with Crippen LogP contribution < -0.4 is 4.74 Å². The van der Waals surface area contributed by atoms with Gasteiger partial charge in [-0.1, -0.05) is 53.3 Å². The van der Waals surface area contributed by atoms with Crippen molar-refractivity contribution in [1.29, 1.82) is 0 Å². The van der Waals surface area contributed by atoms with Gasteiger partial charge in [0, 0.05) is 26.5 Å². The third kappa shape index (κ3) is 5.59. The van der Waals surface area contributed by atoms with Crippen LogP contribution in [-0.4, -0.2) is 21.4 Å². The smallest absolute Gasteiger partial charge is 0.153 e. The molecular weight excluding hydrogens is 468 g/mol. The summed E-state index contributed by atoms with van der Waals surface area (Å²) in [7, 11) is 0. The van der Waals surface area contributed by atoms with E-state index in [4.69, 9.17) is 9.72 Å². The highest BCUT2D eigenvalue weighted by Crippen LogP contribution is 2.43. The quantitative estimate of drug-likeness (QED) is 0.262. The Kier molecular flexibility index (Phi) is 6.93. The molecule has 0 spiro atoms. The lowest BCUT2D eigenvalue weighted by Gasteiger charge is -2.28. The number of carbonyl (C=O) groups excluding carboxylic acids is 1. The fourth-order valence-corrected chi connectivity index (χ4v) is 5.03. The zero-order valence-corrected chi connectivity index (χ0v) is 22.8. The highest BCUT2D eigenvalue weighted by Gasteiger charge is 2.26. The average Bonchev–Trinajstić information content (AvgIpc) is 3.23. The van der Waals surface area contributed by atoms with E-state index in [1.807, 2.05) is 13.0 Å². The summed E-state index contributed by atoms with van der Waals surface area (Å²) >= 11 is 1.68. The molecule has 188 valence electrons. The molecule has 6 heteroatoms. The molecule has 3 aromatic carbocycles. The van der Waals surface area contributed by atoms with E-state index in [0.717, 1.165) is 44.1 Å². The van der Waals surface area contributed by atoms with E-state index in [-0.39, 0.29) is 16.9 Å². The average molecular weight is 503 g/mol. The van der Waals surface area contributed by atoms with Gasteiger partial charge in [0.05, 0.1) is 11.0 Å². The molecule has 1 atom stereocenters. The Morgan fingerprint density at radius 1 is 0.917 bits per heavy atom. The third-order valence-corrected chi connectivity index (χ3v) is 7.08. The molecule has 0 aliphatic carbocycles. The van der Waals surface area contributed by atoms with Gasteiger partial charge in [0.2, 0.25) is 0 Å². The molecule has 1 heterocycles. The summed E-state index contributed by atoms with van der Waals surface area (Å²) in [6.07, 6.45) is 0.532. The zero-order chi connectivity index (χ0) is 26.3. The van der Waals surface area contributed by atoms with Gasteiger partial charge in [-0.2, -0.15) is 0 Å². The van der Waals surface area contributed by atoms with Gasteiger partial charge in [-0.3, -0.25) is 4.79 Å². The second kappa shape index (κ2) is 9.66. The number of hydrogen-bond acceptors (Lipinski definition) is 5. The van der Waals surface area contributed by atoms with Gasteiger partial charge in [-0.15, -0.1) is 0 Å². The van der Waals surface area contributed by atoms with E-state index in [1.165, 1.54) is 0 Å². The lowest BCUT2D eigenvalue weighted by molar-refractivity contribution is 0.112. The number of benzene rings is 3. The Bertz CT molecular complexity index is 1360.